The number of methoxy groups -OCH3 is 1. The Balaban J connectivity index is 1.97. The van der Waals surface area contributed by atoms with Crippen LogP contribution in [0.15, 0.2) is 41.0 Å². The first-order valence-corrected chi connectivity index (χ1v) is 9.68. The van der Waals surface area contributed by atoms with Gasteiger partial charge in [-0.25, -0.2) is 9.79 Å². The molecule has 0 saturated heterocycles. The topological polar surface area (TPSA) is 57.1 Å². The van der Waals surface area contributed by atoms with Crippen molar-refractivity contribution in [2.75, 3.05) is 13.7 Å². The van der Waals surface area contributed by atoms with Gasteiger partial charge in [0.1, 0.15) is 0 Å². The van der Waals surface area contributed by atoms with Crippen LogP contribution in [0.3, 0.4) is 0 Å². The maximum atomic E-state index is 12.2. The number of carbonyl (C=O) groups excluding carboxylic acids is 1. The third-order valence-corrected chi connectivity index (χ3v) is 5.36. The van der Waals surface area contributed by atoms with Crippen LogP contribution in [0.25, 0.3) is 6.08 Å². The fourth-order valence-electron chi connectivity index (χ4n) is 2.58. The van der Waals surface area contributed by atoms with E-state index in [0.29, 0.717) is 28.7 Å². The molecular weight excluding hydrogens is 481 g/mol. The number of aryl methyl sites for hydroxylation is 1. The number of aliphatic imine (C=N–C) groups is 1. The molecular formula is C20H17ClINO4. The lowest BCUT2D eigenvalue weighted by molar-refractivity contribution is -0.129. The second-order valence-electron chi connectivity index (χ2n) is 5.77. The summed E-state index contributed by atoms with van der Waals surface area (Å²) in [6.45, 7) is 4.32. The molecule has 0 N–H and O–H groups in total. The van der Waals surface area contributed by atoms with E-state index in [1.165, 1.54) is 7.11 Å². The van der Waals surface area contributed by atoms with Crippen molar-refractivity contribution in [2.24, 2.45) is 4.99 Å². The molecule has 3 rings (SSSR count). The van der Waals surface area contributed by atoms with E-state index < -0.39 is 5.97 Å². The zero-order chi connectivity index (χ0) is 19.6. The number of esters is 1. The van der Waals surface area contributed by atoms with Gasteiger partial charge in [0.2, 0.25) is 5.90 Å². The number of carbonyl (C=O) groups is 1. The number of hydrogen-bond donors (Lipinski definition) is 0. The van der Waals surface area contributed by atoms with Crippen LogP contribution in [-0.2, 0) is 9.53 Å². The Morgan fingerprint density at radius 1 is 1.30 bits per heavy atom. The molecule has 0 unspecified atom stereocenters. The number of hydrogen-bond acceptors (Lipinski definition) is 5. The SMILES string of the molecule is CCOc1c(Cl)cc(/C=C2\N=C(c3ccc(I)c(C)c3)OC2=O)cc1OC. The molecule has 1 heterocycles. The van der Waals surface area contributed by atoms with Crippen molar-refractivity contribution in [3.63, 3.8) is 0 Å². The zero-order valence-corrected chi connectivity index (χ0v) is 17.9. The van der Waals surface area contributed by atoms with E-state index in [0.717, 1.165) is 14.7 Å². The van der Waals surface area contributed by atoms with E-state index in [9.17, 15) is 4.79 Å². The Morgan fingerprint density at radius 3 is 2.74 bits per heavy atom. The Bertz CT molecular complexity index is 969. The normalized spacial score (nSPS) is 14.9. The predicted molar refractivity (Wildman–Crippen MR) is 114 cm³/mol. The molecule has 0 amide bonds. The summed E-state index contributed by atoms with van der Waals surface area (Å²) < 4.78 is 17.3. The van der Waals surface area contributed by atoms with Crippen molar-refractivity contribution < 1.29 is 19.0 Å². The molecule has 2 aromatic rings. The minimum atomic E-state index is -0.509. The molecule has 0 spiro atoms. The summed E-state index contributed by atoms with van der Waals surface area (Å²) in [6.07, 6.45) is 1.61. The first kappa shape index (κ1) is 19.7. The molecule has 0 bridgehead atoms. The van der Waals surface area contributed by atoms with Crippen LogP contribution in [0, 0.1) is 10.5 Å². The van der Waals surface area contributed by atoms with Crippen LogP contribution in [0.4, 0.5) is 0 Å². The number of rotatable bonds is 5. The molecule has 2 aromatic carbocycles. The number of nitrogens with zero attached hydrogens (tertiary/aromatic N) is 1. The van der Waals surface area contributed by atoms with Crippen molar-refractivity contribution in [2.45, 2.75) is 13.8 Å². The molecule has 1 aliphatic heterocycles. The quantitative estimate of drug-likeness (QED) is 0.331. The monoisotopic (exact) mass is 497 g/mol. The zero-order valence-electron chi connectivity index (χ0n) is 15.0. The summed E-state index contributed by atoms with van der Waals surface area (Å²) in [6, 6.07) is 9.20. The van der Waals surface area contributed by atoms with Crippen LogP contribution in [-0.4, -0.2) is 25.6 Å². The highest BCUT2D eigenvalue weighted by Gasteiger charge is 2.24. The van der Waals surface area contributed by atoms with Gasteiger partial charge in [-0.2, -0.15) is 0 Å². The Labute approximate surface area is 176 Å². The third kappa shape index (κ3) is 4.27. The average Bonchev–Trinajstić information content (AvgIpc) is 3.00. The molecule has 0 aromatic heterocycles. The summed E-state index contributed by atoms with van der Waals surface area (Å²) in [5.74, 6) is 0.733. The largest absolute Gasteiger partial charge is 0.493 e. The first-order chi connectivity index (χ1) is 12.9. The van der Waals surface area contributed by atoms with Gasteiger partial charge in [-0.1, -0.05) is 11.6 Å². The molecule has 0 saturated carbocycles. The Morgan fingerprint density at radius 2 is 2.07 bits per heavy atom. The van der Waals surface area contributed by atoms with Crippen LogP contribution >= 0.6 is 34.2 Å². The van der Waals surface area contributed by atoms with Crippen LogP contribution in [0.5, 0.6) is 11.5 Å². The molecule has 7 heteroatoms. The summed E-state index contributed by atoms with van der Waals surface area (Å²) in [5.41, 5.74) is 2.71. The fourth-order valence-corrected chi connectivity index (χ4v) is 3.18. The van der Waals surface area contributed by atoms with Gasteiger partial charge in [0.25, 0.3) is 0 Å². The van der Waals surface area contributed by atoms with Crippen LogP contribution in [0.2, 0.25) is 5.02 Å². The maximum Gasteiger partial charge on any atom is 0.363 e. The predicted octanol–water partition coefficient (Wildman–Crippen LogP) is 5.00. The van der Waals surface area contributed by atoms with Crippen molar-refractivity contribution >= 4 is 52.1 Å². The van der Waals surface area contributed by atoms with E-state index in [4.69, 9.17) is 25.8 Å². The lowest BCUT2D eigenvalue weighted by Crippen LogP contribution is -2.05. The van der Waals surface area contributed by atoms with E-state index in [1.807, 2.05) is 32.0 Å². The summed E-state index contributed by atoms with van der Waals surface area (Å²) in [7, 11) is 1.53. The molecule has 0 atom stereocenters. The van der Waals surface area contributed by atoms with Crippen molar-refractivity contribution in [3.05, 3.63) is 61.3 Å². The minimum absolute atomic E-state index is 0.198. The van der Waals surface area contributed by atoms with Crippen molar-refractivity contribution in [1.29, 1.82) is 0 Å². The summed E-state index contributed by atoms with van der Waals surface area (Å²) in [4.78, 5) is 16.6. The number of halogens is 2. The number of ether oxygens (including phenoxy) is 3. The van der Waals surface area contributed by atoms with Gasteiger partial charge in [0.15, 0.2) is 17.2 Å². The second kappa shape index (κ2) is 8.31. The molecule has 0 aliphatic carbocycles. The Kier molecular flexibility index (Phi) is 6.06. The lowest BCUT2D eigenvalue weighted by atomic mass is 10.1. The standard InChI is InChI=1S/C20H17ClINO4/c1-4-26-18-14(21)8-12(10-17(18)25-3)9-16-20(24)27-19(23-16)13-5-6-15(22)11(2)7-13/h5-10H,4H2,1-3H3/b16-9-. The first-order valence-electron chi connectivity index (χ1n) is 8.22. The van der Waals surface area contributed by atoms with Gasteiger partial charge in [0, 0.05) is 9.13 Å². The van der Waals surface area contributed by atoms with E-state index >= 15 is 0 Å². The lowest BCUT2D eigenvalue weighted by Gasteiger charge is -2.11. The smallest absolute Gasteiger partial charge is 0.363 e. The van der Waals surface area contributed by atoms with E-state index in [1.54, 1.807) is 18.2 Å². The number of benzene rings is 2. The number of cyclic esters (lactones) is 1. The van der Waals surface area contributed by atoms with Gasteiger partial charge < -0.3 is 14.2 Å². The van der Waals surface area contributed by atoms with Crippen LogP contribution < -0.4 is 9.47 Å². The van der Waals surface area contributed by atoms with Gasteiger partial charge in [-0.3, -0.25) is 0 Å². The molecule has 0 fully saturated rings. The molecule has 140 valence electrons. The summed E-state index contributed by atoms with van der Waals surface area (Å²) in [5, 5.41) is 0.395. The highest BCUT2D eigenvalue weighted by Crippen LogP contribution is 2.37. The van der Waals surface area contributed by atoms with Gasteiger partial charge in [0.05, 0.1) is 18.7 Å². The van der Waals surface area contributed by atoms with Crippen molar-refractivity contribution in [1.82, 2.24) is 0 Å². The molecule has 1 aliphatic rings. The van der Waals surface area contributed by atoms with Gasteiger partial charge >= 0.3 is 5.97 Å². The molecule has 5 nitrogen and oxygen atoms in total. The van der Waals surface area contributed by atoms with Gasteiger partial charge in [-0.05, 0) is 84.0 Å². The second-order valence-corrected chi connectivity index (χ2v) is 7.34. The van der Waals surface area contributed by atoms with E-state index in [2.05, 4.69) is 27.6 Å². The van der Waals surface area contributed by atoms with E-state index in [-0.39, 0.29) is 11.6 Å². The van der Waals surface area contributed by atoms with Crippen molar-refractivity contribution in [3.8, 4) is 11.5 Å². The molecule has 0 radical (unpaired) electrons. The summed E-state index contributed by atoms with van der Waals surface area (Å²) >= 11 is 8.54. The molecule has 27 heavy (non-hydrogen) atoms. The average molecular weight is 498 g/mol. The Hall–Kier alpha value is -2.06. The maximum absolute atomic E-state index is 12.2. The highest BCUT2D eigenvalue weighted by molar-refractivity contribution is 14.1. The third-order valence-electron chi connectivity index (χ3n) is 3.87. The van der Waals surface area contributed by atoms with Crippen LogP contribution in [0.1, 0.15) is 23.6 Å². The fraction of sp³-hybridized carbons (Fsp3) is 0.200. The minimum Gasteiger partial charge on any atom is -0.493 e. The highest BCUT2D eigenvalue weighted by atomic mass is 127. The van der Waals surface area contributed by atoms with Gasteiger partial charge in [-0.15, -0.1) is 0 Å².